The molecule has 0 saturated carbocycles. The Labute approximate surface area is 118 Å². The molecule has 0 unspecified atom stereocenters. The van der Waals surface area contributed by atoms with Gasteiger partial charge in [-0.15, -0.1) is 0 Å². The summed E-state index contributed by atoms with van der Waals surface area (Å²) in [7, 11) is 1.61. The number of hydrogen-bond donors (Lipinski definition) is 2. The van der Waals surface area contributed by atoms with Crippen LogP contribution >= 0.6 is 0 Å². The van der Waals surface area contributed by atoms with Gasteiger partial charge in [0.2, 0.25) is 0 Å². The summed E-state index contributed by atoms with van der Waals surface area (Å²) in [4.78, 5) is 12.1. The summed E-state index contributed by atoms with van der Waals surface area (Å²) < 4.78 is 5.04. The maximum absolute atomic E-state index is 12.1. The van der Waals surface area contributed by atoms with Gasteiger partial charge in [0.25, 0.3) is 5.91 Å². The second-order valence-corrected chi connectivity index (χ2v) is 4.61. The fourth-order valence-corrected chi connectivity index (χ4v) is 1.91. The second kappa shape index (κ2) is 6.21. The SMILES string of the molecule is COCc1cccc(C(=O)Nc2ccc(C)cc2O)c1. The van der Waals surface area contributed by atoms with Crippen molar-refractivity contribution in [3.63, 3.8) is 0 Å². The maximum Gasteiger partial charge on any atom is 0.255 e. The summed E-state index contributed by atoms with van der Waals surface area (Å²) in [5, 5.41) is 12.5. The highest BCUT2D eigenvalue weighted by Crippen LogP contribution is 2.24. The molecule has 0 aromatic heterocycles. The Morgan fingerprint density at radius 3 is 2.75 bits per heavy atom. The molecule has 2 aromatic carbocycles. The summed E-state index contributed by atoms with van der Waals surface area (Å²) in [6.07, 6.45) is 0. The lowest BCUT2D eigenvalue weighted by atomic mass is 10.1. The molecule has 0 aliphatic carbocycles. The molecule has 0 fully saturated rings. The minimum atomic E-state index is -0.262. The van der Waals surface area contributed by atoms with Crippen LogP contribution in [0.3, 0.4) is 0 Å². The number of nitrogens with one attached hydrogen (secondary N) is 1. The Bertz CT molecular complexity index is 623. The monoisotopic (exact) mass is 271 g/mol. The van der Waals surface area contributed by atoms with Crippen LogP contribution in [0.5, 0.6) is 5.75 Å². The van der Waals surface area contributed by atoms with Crippen LogP contribution in [0.25, 0.3) is 0 Å². The van der Waals surface area contributed by atoms with Crippen LogP contribution in [-0.4, -0.2) is 18.1 Å². The predicted molar refractivity (Wildman–Crippen MR) is 78.0 cm³/mol. The molecule has 2 rings (SSSR count). The van der Waals surface area contributed by atoms with E-state index >= 15 is 0 Å². The molecule has 4 heteroatoms. The zero-order valence-electron chi connectivity index (χ0n) is 11.5. The molecule has 0 aliphatic rings. The molecule has 20 heavy (non-hydrogen) atoms. The number of carbonyl (C=O) groups excluding carboxylic acids is 1. The number of methoxy groups -OCH3 is 1. The van der Waals surface area contributed by atoms with Crippen LogP contribution in [0.2, 0.25) is 0 Å². The largest absolute Gasteiger partial charge is 0.506 e. The van der Waals surface area contributed by atoms with Crippen molar-refractivity contribution in [3.8, 4) is 5.75 Å². The predicted octanol–water partition coefficient (Wildman–Crippen LogP) is 3.10. The third kappa shape index (κ3) is 3.36. The Hall–Kier alpha value is -2.33. The average Bonchev–Trinajstić information content (AvgIpc) is 2.42. The highest BCUT2D eigenvalue weighted by molar-refractivity contribution is 6.05. The van der Waals surface area contributed by atoms with E-state index in [0.29, 0.717) is 17.9 Å². The van der Waals surface area contributed by atoms with Gasteiger partial charge in [-0.2, -0.15) is 0 Å². The van der Waals surface area contributed by atoms with Crippen LogP contribution < -0.4 is 5.32 Å². The molecule has 2 aromatic rings. The lowest BCUT2D eigenvalue weighted by molar-refractivity contribution is 0.102. The van der Waals surface area contributed by atoms with Gasteiger partial charge in [0, 0.05) is 12.7 Å². The van der Waals surface area contributed by atoms with Gasteiger partial charge in [-0.25, -0.2) is 0 Å². The minimum absolute atomic E-state index is 0.0615. The van der Waals surface area contributed by atoms with E-state index in [1.54, 1.807) is 37.4 Å². The van der Waals surface area contributed by atoms with Gasteiger partial charge in [0.15, 0.2) is 0 Å². The van der Waals surface area contributed by atoms with Crippen molar-refractivity contribution < 1.29 is 14.6 Å². The standard InChI is InChI=1S/C16H17NO3/c1-11-6-7-14(15(18)8-11)17-16(19)13-5-3-4-12(9-13)10-20-2/h3-9,18H,10H2,1-2H3,(H,17,19). The number of ether oxygens (including phenoxy) is 1. The van der Waals surface area contributed by atoms with Crippen molar-refractivity contribution in [2.75, 3.05) is 12.4 Å². The number of aromatic hydroxyl groups is 1. The number of anilines is 1. The number of phenols is 1. The van der Waals surface area contributed by atoms with Gasteiger partial charge in [-0.3, -0.25) is 4.79 Å². The Balaban J connectivity index is 2.17. The number of carbonyl (C=O) groups is 1. The van der Waals surface area contributed by atoms with Gasteiger partial charge in [0.05, 0.1) is 12.3 Å². The fraction of sp³-hybridized carbons (Fsp3) is 0.188. The third-order valence-electron chi connectivity index (χ3n) is 2.90. The lowest BCUT2D eigenvalue weighted by Crippen LogP contribution is -2.12. The Morgan fingerprint density at radius 2 is 2.05 bits per heavy atom. The highest BCUT2D eigenvalue weighted by atomic mass is 16.5. The van der Waals surface area contributed by atoms with E-state index in [1.165, 1.54) is 0 Å². The zero-order chi connectivity index (χ0) is 14.5. The van der Waals surface area contributed by atoms with E-state index in [9.17, 15) is 9.90 Å². The number of hydrogen-bond acceptors (Lipinski definition) is 3. The molecule has 0 radical (unpaired) electrons. The van der Waals surface area contributed by atoms with Crippen LogP contribution in [0.4, 0.5) is 5.69 Å². The van der Waals surface area contributed by atoms with Crippen LogP contribution in [-0.2, 0) is 11.3 Å². The highest BCUT2D eigenvalue weighted by Gasteiger charge is 2.09. The Morgan fingerprint density at radius 1 is 1.25 bits per heavy atom. The molecular formula is C16H17NO3. The molecule has 0 heterocycles. The molecular weight excluding hydrogens is 254 g/mol. The average molecular weight is 271 g/mol. The first-order valence-electron chi connectivity index (χ1n) is 6.29. The van der Waals surface area contributed by atoms with E-state index in [2.05, 4.69) is 5.32 Å². The summed E-state index contributed by atoms with van der Waals surface area (Å²) in [6.45, 7) is 2.33. The first-order chi connectivity index (χ1) is 9.60. The molecule has 0 spiro atoms. The van der Waals surface area contributed by atoms with Gasteiger partial charge in [0.1, 0.15) is 5.75 Å². The van der Waals surface area contributed by atoms with Crippen molar-refractivity contribution in [2.45, 2.75) is 13.5 Å². The molecule has 1 amide bonds. The summed E-state index contributed by atoms with van der Waals surface area (Å²) in [5.41, 5.74) is 2.79. The number of benzene rings is 2. The van der Waals surface area contributed by atoms with E-state index in [4.69, 9.17) is 4.74 Å². The van der Waals surface area contributed by atoms with E-state index < -0.39 is 0 Å². The maximum atomic E-state index is 12.1. The first kappa shape index (κ1) is 14.1. The van der Waals surface area contributed by atoms with Gasteiger partial charge in [-0.05, 0) is 42.3 Å². The number of rotatable bonds is 4. The first-order valence-corrected chi connectivity index (χ1v) is 6.29. The molecule has 0 aliphatic heterocycles. The summed E-state index contributed by atoms with van der Waals surface area (Å²) in [5.74, 6) is -0.200. The van der Waals surface area contributed by atoms with E-state index in [0.717, 1.165) is 11.1 Å². The molecule has 0 bridgehead atoms. The molecule has 0 atom stereocenters. The molecule has 104 valence electrons. The summed E-state index contributed by atoms with van der Waals surface area (Å²) in [6, 6.07) is 12.3. The van der Waals surface area contributed by atoms with Gasteiger partial charge < -0.3 is 15.2 Å². The van der Waals surface area contributed by atoms with Gasteiger partial charge >= 0.3 is 0 Å². The van der Waals surface area contributed by atoms with Crippen molar-refractivity contribution >= 4 is 11.6 Å². The third-order valence-corrected chi connectivity index (χ3v) is 2.90. The van der Waals surface area contributed by atoms with Crippen molar-refractivity contribution in [3.05, 3.63) is 59.2 Å². The normalized spacial score (nSPS) is 10.3. The fourth-order valence-electron chi connectivity index (χ4n) is 1.91. The van der Waals surface area contributed by atoms with Crippen molar-refractivity contribution in [1.29, 1.82) is 0 Å². The van der Waals surface area contributed by atoms with Crippen LogP contribution in [0, 0.1) is 6.92 Å². The number of amides is 1. The minimum Gasteiger partial charge on any atom is -0.506 e. The zero-order valence-corrected chi connectivity index (χ0v) is 11.5. The topological polar surface area (TPSA) is 58.6 Å². The molecule has 0 saturated heterocycles. The summed E-state index contributed by atoms with van der Waals surface area (Å²) >= 11 is 0. The number of phenolic OH excluding ortho intramolecular Hbond substituents is 1. The quantitative estimate of drug-likeness (QED) is 0.840. The van der Waals surface area contributed by atoms with Crippen LogP contribution in [0.1, 0.15) is 21.5 Å². The lowest BCUT2D eigenvalue weighted by Gasteiger charge is -2.09. The number of aryl methyl sites for hydroxylation is 1. The molecule has 4 nitrogen and oxygen atoms in total. The van der Waals surface area contributed by atoms with Gasteiger partial charge in [-0.1, -0.05) is 18.2 Å². The smallest absolute Gasteiger partial charge is 0.255 e. The van der Waals surface area contributed by atoms with E-state index in [1.807, 2.05) is 19.1 Å². The Kier molecular flexibility index (Phi) is 4.38. The second-order valence-electron chi connectivity index (χ2n) is 4.61. The van der Waals surface area contributed by atoms with Crippen molar-refractivity contribution in [2.24, 2.45) is 0 Å². The van der Waals surface area contributed by atoms with Crippen molar-refractivity contribution in [1.82, 2.24) is 0 Å². The van der Waals surface area contributed by atoms with E-state index in [-0.39, 0.29) is 11.7 Å². The van der Waals surface area contributed by atoms with Crippen LogP contribution in [0.15, 0.2) is 42.5 Å². The molecule has 2 N–H and O–H groups in total.